The van der Waals surface area contributed by atoms with Crippen LogP contribution >= 0.6 is 0 Å². The molecule has 4 nitrogen and oxygen atoms in total. The number of hydrogen-bond acceptors (Lipinski definition) is 0. The van der Waals surface area contributed by atoms with Gasteiger partial charge < -0.3 is 0 Å². The molecule has 0 spiro atoms. The van der Waals surface area contributed by atoms with E-state index in [1.54, 1.807) is 0 Å². The first-order chi connectivity index (χ1) is 19.7. The fourth-order valence-corrected chi connectivity index (χ4v) is 4.92. The first-order valence-electron chi connectivity index (χ1n) is 13.8. The van der Waals surface area contributed by atoms with E-state index in [0.717, 1.165) is 19.6 Å². The third-order valence-electron chi connectivity index (χ3n) is 7.30. The fraction of sp³-hybridized carbons (Fsp3) is 0.111. The van der Waals surface area contributed by atoms with Crippen molar-refractivity contribution in [1.82, 2.24) is 0 Å². The van der Waals surface area contributed by atoms with E-state index >= 15 is 0 Å². The molecule has 4 heterocycles. The van der Waals surface area contributed by atoms with Crippen molar-refractivity contribution in [1.29, 1.82) is 0 Å². The van der Waals surface area contributed by atoms with E-state index in [4.69, 9.17) is 0 Å². The van der Waals surface area contributed by atoms with E-state index < -0.39 is 0 Å². The lowest BCUT2D eigenvalue weighted by molar-refractivity contribution is -0.688. The Hall–Kier alpha value is -4.96. The maximum Gasteiger partial charge on any atom is 0.173 e. The first kappa shape index (κ1) is 25.3. The van der Waals surface area contributed by atoms with Gasteiger partial charge in [0, 0.05) is 65.2 Å². The Bertz CT molecular complexity index is 1660. The highest BCUT2D eigenvalue weighted by atomic mass is 14.9. The van der Waals surface area contributed by atoms with Gasteiger partial charge in [0.25, 0.3) is 0 Å². The second-order valence-corrected chi connectivity index (χ2v) is 10.4. The molecular weight excluding hydrogens is 488 g/mol. The van der Waals surface area contributed by atoms with E-state index in [0.29, 0.717) is 0 Å². The van der Waals surface area contributed by atoms with Crippen LogP contribution in [0, 0.1) is 6.92 Å². The number of nitrogens with zero attached hydrogens (tertiary/aromatic N) is 3. The third kappa shape index (κ3) is 6.36. The van der Waals surface area contributed by atoms with Crippen molar-refractivity contribution in [2.24, 2.45) is 0 Å². The number of aryl methyl sites for hydroxylation is 1. The van der Waals surface area contributed by atoms with Gasteiger partial charge in [0.1, 0.15) is 0 Å². The Kier molecular flexibility index (Phi) is 7.49. The number of rotatable bonds is 8. The van der Waals surface area contributed by atoms with Crippen LogP contribution in [-0.4, -0.2) is 0 Å². The number of H-pyrrole nitrogens is 1. The van der Waals surface area contributed by atoms with Crippen molar-refractivity contribution >= 4 is 0 Å². The SMILES string of the molecule is Cc1ccc(C[n+]2ccc(-c3cc[n+](Cc4ccc(C[n+]5ccc(-c6cc[nH+]cc6)cc5)cc4)cc3)cc2)cc1. The molecule has 1 N–H and O–H groups in total. The lowest BCUT2D eigenvalue weighted by Gasteiger charge is -2.04. The van der Waals surface area contributed by atoms with Crippen LogP contribution in [0.3, 0.4) is 0 Å². The minimum Gasteiger partial charge on any atom is -0.218 e. The molecule has 2 aromatic carbocycles. The predicted molar refractivity (Wildman–Crippen MR) is 156 cm³/mol. The Labute approximate surface area is 236 Å². The summed E-state index contributed by atoms with van der Waals surface area (Å²) in [5, 5.41) is 0. The molecule has 0 aliphatic carbocycles. The summed E-state index contributed by atoms with van der Waals surface area (Å²) in [4.78, 5) is 3.08. The number of aromatic nitrogens is 4. The zero-order chi connectivity index (χ0) is 27.1. The van der Waals surface area contributed by atoms with Gasteiger partial charge in [-0.25, -0.2) is 18.7 Å². The Balaban J connectivity index is 1.04. The van der Waals surface area contributed by atoms with Gasteiger partial charge in [-0.2, -0.15) is 0 Å². The predicted octanol–water partition coefficient (Wildman–Crippen LogP) is 5.15. The van der Waals surface area contributed by atoms with E-state index in [1.165, 1.54) is 44.5 Å². The second kappa shape index (κ2) is 11.8. The highest BCUT2D eigenvalue weighted by Gasteiger charge is 2.09. The topological polar surface area (TPSA) is 25.8 Å². The number of aromatic amines is 1. The van der Waals surface area contributed by atoms with Gasteiger partial charge in [0.15, 0.2) is 69.2 Å². The average Bonchev–Trinajstić information content (AvgIpc) is 3.01. The van der Waals surface area contributed by atoms with E-state index in [1.807, 2.05) is 12.4 Å². The summed E-state index contributed by atoms with van der Waals surface area (Å²) in [6, 6.07) is 35.0. The molecule has 0 aliphatic rings. The standard InChI is InChI=1S/C36H33N4/c1-29-2-4-30(5-3-29)26-38-22-14-35(15-23-38)36-16-24-40(25-17-36)28-32-8-6-31(7-9-32)27-39-20-12-34(13-21-39)33-10-18-37-19-11-33/h2-25H,26-28H2,1H3/q+3/p+1. The van der Waals surface area contributed by atoms with Gasteiger partial charge in [-0.1, -0.05) is 54.1 Å². The molecule has 0 saturated heterocycles. The van der Waals surface area contributed by atoms with E-state index in [-0.39, 0.29) is 0 Å². The highest BCUT2D eigenvalue weighted by molar-refractivity contribution is 5.61. The summed E-state index contributed by atoms with van der Waals surface area (Å²) in [5.41, 5.74) is 10.1. The molecule has 0 saturated carbocycles. The van der Waals surface area contributed by atoms with Gasteiger partial charge in [0.2, 0.25) is 0 Å². The van der Waals surface area contributed by atoms with Gasteiger partial charge in [0.05, 0.1) is 0 Å². The summed E-state index contributed by atoms with van der Waals surface area (Å²) in [5.74, 6) is 0. The molecule has 4 heteroatoms. The number of nitrogens with one attached hydrogen (secondary N) is 1. The van der Waals surface area contributed by atoms with Crippen molar-refractivity contribution in [2.75, 3.05) is 0 Å². The van der Waals surface area contributed by atoms with Crippen molar-refractivity contribution in [3.8, 4) is 22.3 Å². The molecule has 0 fully saturated rings. The Morgan fingerprint density at radius 2 is 0.700 bits per heavy atom. The number of pyridine rings is 4. The van der Waals surface area contributed by atoms with Gasteiger partial charge in [-0.15, -0.1) is 0 Å². The smallest absolute Gasteiger partial charge is 0.173 e. The molecule has 40 heavy (non-hydrogen) atoms. The van der Waals surface area contributed by atoms with Crippen molar-refractivity contribution < 1.29 is 18.7 Å². The normalized spacial score (nSPS) is 10.9. The van der Waals surface area contributed by atoms with Gasteiger partial charge in [-0.3, -0.25) is 0 Å². The van der Waals surface area contributed by atoms with Gasteiger partial charge in [-0.05, 0) is 29.2 Å². The van der Waals surface area contributed by atoms with Crippen LogP contribution in [0.5, 0.6) is 0 Å². The summed E-state index contributed by atoms with van der Waals surface area (Å²) < 4.78 is 6.67. The molecule has 0 atom stereocenters. The van der Waals surface area contributed by atoms with Gasteiger partial charge >= 0.3 is 0 Å². The summed E-state index contributed by atoms with van der Waals surface area (Å²) >= 11 is 0. The van der Waals surface area contributed by atoms with Crippen molar-refractivity contribution in [2.45, 2.75) is 26.6 Å². The number of benzene rings is 2. The monoisotopic (exact) mass is 522 g/mol. The van der Waals surface area contributed by atoms with Crippen LogP contribution < -0.4 is 18.7 Å². The molecular formula is C36H34N4+4. The highest BCUT2D eigenvalue weighted by Crippen LogP contribution is 2.17. The van der Waals surface area contributed by atoms with Crippen molar-refractivity contribution in [3.05, 3.63) is 169 Å². The van der Waals surface area contributed by atoms with Crippen LogP contribution in [0.25, 0.3) is 22.3 Å². The minimum absolute atomic E-state index is 0.849. The summed E-state index contributed by atoms with van der Waals surface area (Å²) in [6.45, 7) is 4.71. The van der Waals surface area contributed by atoms with Crippen LogP contribution in [0.4, 0.5) is 0 Å². The summed E-state index contributed by atoms with van der Waals surface area (Å²) in [7, 11) is 0. The van der Waals surface area contributed by atoms with Crippen LogP contribution in [-0.2, 0) is 19.6 Å². The Morgan fingerprint density at radius 1 is 0.400 bits per heavy atom. The van der Waals surface area contributed by atoms with Crippen molar-refractivity contribution in [3.63, 3.8) is 0 Å². The minimum atomic E-state index is 0.849. The molecule has 0 radical (unpaired) electrons. The zero-order valence-corrected chi connectivity index (χ0v) is 22.8. The molecule has 194 valence electrons. The third-order valence-corrected chi connectivity index (χ3v) is 7.30. The molecule has 6 aromatic rings. The largest absolute Gasteiger partial charge is 0.218 e. The summed E-state index contributed by atoms with van der Waals surface area (Å²) in [6.07, 6.45) is 16.9. The van der Waals surface area contributed by atoms with Crippen LogP contribution in [0.1, 0.15) is 22.3 Å². The molecule has 6 rings (SSSR count). The van der Waals surface area contributed by atoms with Crippen LogP contribution in [0.2, 0.25) is 0 Å². The Morgan fingerprint density at radius 3 is 1.05 bits per heavy atom. The maximum absolute atomic E-state index is 3.08. The molecule has 4 aromatic heterocycles. The first-order valence-corrected chi connectivity index (χ1v) is 13.8. The molecule has 0 bridgehead atoms. The van der Waals surface area contributed by atoms with E-state index in [9.17, 15) is 0 Å². The molecule has 0 aliphatic heterocycles. The second-order valence-electron chi connectivity index (χ2n) is 10.4. The lowest BCUT2D eigenvalue weighted by Crippen LogP contribution is -2.34. The lowest BCUT2D eigenvalue weighted by atomic mass is 10.1. The molecule has 0 unspecified atom stereocenters. The van der Waals surface area contributed by atoms with E-state index in [2.05, 4.69) is 160 Å². The quantitative estimate of drug-likeness (QED) is 0.247. The number of hydrogen-bond donors (Lipinski definition) is 0. The zero-order valence-electron chi connectivity index (χ0n) is 22.8. The average molecular weight is 523 g/mol. The van der Waals surface area contributed by atoms with Crippen LogP contribution in [0.15, 0.2) is 147 Å². The molecule has 0 amide bonds. The maximum atomic E-state index is 3.08. The fourth-order valence-electron chi connectivity index (χ4n) is 4.92.